The highest BCUT2D eigenvalue weighted by Crippen LogP contribution is 2.26. The number of thioether (sulfide) groups is 1. The molecule has 1 N–H and O–H groups in total. The van der Waals surface area contributed by atoms with E-state index >= 15 is 0 Å². The number of rotatable bonds is 6. The van der Waals surface area contributed by atoms with E-state index in [2.05, 4.69) is 4.72 Å². The highest BCUT2D eigenvalue weighted by atomic mass is 32.2. The SMILES string of the molecule is CCCS(=O)(=O)Nc1ccc(SC(F)F)cc1. The fourth-order valence-electron chi connectivity index (χ4n) is 1.20. The molecular formula is C10H13F2NO2S2. The van der Waals surface area contributed by atoms with Crippen LogP contribution in [0.4, 0.5) is 14.5 Å². The van der Waals surface area contributed by atoms with Crippen LogP contribution >= 0.6 is 11.8 Å². The van der Waals surface area contributed by atoms with Gasteiger partial charge in [-0.05, 0) is 30.7 Å². The summed E-state index contributed by atoms with van der Waals surface area (Å²) >= 11 is 0.425. The molecule has 0 saturated carbocycles. The lowest BCUT2D eigenvalue weighted by Gasteiger charge is -2.07. The van der Waals surface area contributed by atoms with Gasteiger partial charge >= 0.3 is 0 Å². The fraction of sp³-hybridized carbons (Fsp3) is 0.400. The van der Waals surface area contributed by atoms with Gasteiger partial charge in [-0.3, -0.25) is 4.72 Å². The van der Waals surface area contributed by atoms with E-state index in [9.17, 15) is 17.2 Å². The minimum Gasteiger partial charge on any atom is -0.284 e. The molecule has 0 aliphatic heterocycles. The summed E-state index contributed by atoms with van der Waals surface area (Å²) < 4.78 is 49.3. The average Bonchev–Trinajstić information content (AvgIpc) is 2.19. The summed E-state index contributed by atoms with van der Waals surface area (Å²) in [5.41, 5.74) is 0.386. The summed E-state index contributed by atoms with van der Waals surface area (Å²) in [6.45, 7) is 1.77. The van der Waals surface area contributed by atoms with Crippen LogP contribution in [0.3, 0.4) is 0 Å². The molecule has 0 fully saturated rings. The van der Waals surface area contributed by atoms with Crippen LogP contribution in [0.2, 0.25) is 0 Å². The van der Waals surface area contributed by atoms with Crippen molar-refractivity contribution in [2.45, 2.75) is 24.0 Å². The quantitative estimate of drug-likeness (QED) is 0.815. The van der Waals surface area contributed by atoms with Crippen molar-refractivity contribution < 1.29 is 17.2 Å². The van der Waals surface area contributed by atoms with E-state index in [0.717, 1.165) is 0 Å². The lowest BCUT2D eigenvalue weighted by molar-refractivity contribution is 0.252. The lowest BCUT2D eigenvalue weighted by atomic mass is 10.3. The molecule has 1 rings (SSSR count). The number of nitrogens with one attached hydrogen (secondary N) is 1. The van der Waals surface area contributed by atoms with Gasteiger partial charge in [0.25, 0.3) is 5.76 Å². The van der Waals surface area contributed by atoms with Crippen molar-refractivity contribution in [1.29, 1.82) is 0 Å². The van der Waals surface area contributed by atoms with Crippen LogP contribution in [-0.4, -0.2) is 19.9 Å². The van der Waals surface area contributed by atoms with E-state index in [1.54, 1.807) is 6.92 Å². The number of hydrogen-bond donors (Lipinski definition) is 1. The van der Waals surface area contributed by atoms with E-state index in [-0.39, 0.29) is 5.75 Å². The Bertz CT molecular complexity index is 446. The summed E-state index contributed by atoms with van der Waals surface area (Å²) in [6, 6.07) is 5.86. The van der Waals surface area contributed by atoms with Crippen molar-refractivity contribution >= 4 is 27.5 Å². The van der Waals surface area contributed by atoms with Gasteiger partial charge in [-0.1, -0.05) is 18.7 Å². The molecule has 0 bridgehead atoms. The summed E-state index contributed by atoms with van der Waals surface area (Å²) in [7, 11) is -3.33. The average molecular weight is 281 g/mol. The van der Waals surface area contributed by atoms with Crippen molar-refractivity contribution in [3.8, 4) is 0 Å². The third-order valence-electron chi connectivity index (χ3n) is 1.83. The predicted molar refractivity (Wildman–Crippen MR) is 66.0 cm³/mol. The maximum absolute atomic E-state index is 12.0. The Morgan fingerprint density at radius 2 is 1.88 bits per heavy atom. The van der Waals surface area contributed by atoms with Gasteiger partial charge in [-0.2, -0.15) is 8.78 Å². The van der Waals surface area contributed by atoms with Crippen molar-refractivity contribution in [2.24, 2.45) is 0 Å². The molecule has 17 heavy (non-hydrogen) atoms. The van der Waals surface area contributed by atoms with Crippen molar-refractivity contribution in [3.63, 3.8) is 0 Å². The van der Waals surface area contributed by atoms with E-state index in [1.165, 1.54) is 24.3 Å². The highest BCUT2D eigenvalue weighted by Gasteiger charge is 2.09. The van der Waals surface area contributed by atoms with Gasteiger partial charge in [0.05, 0.1) is 5.75 Å². The monoisotopic (exact) mass is 281 g/mol. The molecule has 96 valence electrons. The Kier molecular flexibility index (Phi) is 5.20. The Balaban J connectivity index is 2.68. The van der Waals surface area contributed by atoms with Crippen LogP contribution in [-0.2, 0) is 10.0 Å². The molecule has 0 heterocycles. The standard InChI is InChI=1S/C10H13F2NO2S2/c1-2-7-17(14,15)13-8-3-5-9(6-4-8)16-10(11)12/h3-6,10,13H,2,7H2,1H3. The number of hydrogen-bond acceptors (Lipinski definition) is 3. The first-order valence-electron chi connectivity index (χ1n) is 4.98. The number of alkyl halides is 2. The fourth-order valence-corrected chi connectivity index (χ4v) is 2.84. The van der Waals surface area contributed by atoms with Gasteiger partial charge in [-0.25, -0.2) is 8.42 Å². The van der Waals surface area contributed by atoms with Crippen LogP contribution in [0.1, 0.15) is 13.3 Å². The molecule has 1 aromatic carbocycles. The molecule has 0 aliphatic rings. The smallest absolute Gasteiger partial charge is 0.284 e. The summed E-state index contributed by atoms with van der Waals surface area (Å²) in [5.74, 6) is -2.43. The zero-order valence-electron chi connectivity index (χ0n) is 9.19. The molecule has 0 amide bonds. The second kappa shape index (κ2) is 6.20. The second-order valence-electron chi connectivity index (χ2n) is 3.32. The molecule has 0 radical (unpaired) electrons. The molecule has 0 atom stereocenters. The van der Waals surface area contributed by atoms with Crippen molar-refractivity contribution in [1.82, 2.24) is 0 Å². The van der Waals surface area contributed by atoms with Crippen molar-refractivity contribution in [2.75, 3.05) is 10.5 Å². The van der Waals surface area contributed by atoms with E-state index in [1.807, 2.05) is 0 Å². The van der Waals surface area contributed by atoms with Crippen LogP contribution < -0.4 is 4.72 Å². The van der Waals surface area contributed by atoms with Gasteiger partial charge in [0.1, 0.15) is 0 Å². The van der Waals surface area contributed by atoms with Gasteiger partial charge in [0.15, 0.2) is 0 Å². The molecule has 0 aliphatic carbocycles. The largest absolute Gasteiger partial charge is 0.288 e. The Morgan fingerprint density at radius 1 is 1.29 bits per heavy atom. The highest BCUT2D eigenvalue weighted by molar-refractivity contribution is 7.99. The lowest BCUT2D eigenvalue weighted by Crippen LogP contribution is -2.15. The topological polar surface area (TPSA) is 46.2 Å². The van der Waals surface area contributed by atoms with Gasteiger partial charge in [-0.15, -0.1) is 0 Å². The van der Waals surface area contributed by atoms with Crippen LogP contribution in [0, 0.1) is 0 Å². The molecule has 0 unspecified atom stereocenters. The molecule has 1 aromatic rings. The zero-order valence-corrected chi connectivity index (χ0v) is 10.8. The molecule has 0 saturated heterocycles. The first-order chi connectivity index (χ1) is 7.93. The maximum Gasteiger partial charge on any atom is 0.288 e. The number of anilines is 1. The van der Waals surface area contributed by atoms with E-state index < -0.39 is 15.8 Å². The molecule has 0 spiro atoms. The van der Waals surface area contributed by atoms with Crippen LogP contribution in [0.25, 0.3) is 0 Å². The van der Waals surface area contributed by atoms with E-state index in [0.29, 0.717) is 28.8 Å². The van der Waals surface area contributed by atoms with Crippen LogP contribution in [0.5, 0.6) is 0 Å². The van der Waals surface area contributed by atoms with Gasteiger partial charge in [0, 0.05) is 10.6 Å². The minimum atomic E-state index is -3.33. The minimum absolute atomic E-state index is 0.0422. The van der Waals surface area contributed by atoms with E-state index in [4.69, 9.17) is 0 Å². The maximum atomic E-state index is 12.0. The molecule has 0 aromatic heterocycles. The summed E-state index contributed by atoms with van der Waals surface area (Å²) in [4.78, 5) is 0.401. The van der Waals surface area contributed by atoms with Gasteiger partial charge < -0.3 is 0 Å². The summed E-state index contributed by atoms with van der Waals surface area (Å²) in [6.07, 6.45) is 0.522. The number of sulfonamides is 1. The first-order valence-corrected chi connectivity index (χ1v) is 7.51. The Hall–Kier alpha value is -0.820. The molecular weight excluding hydrogens is 268 g/mol. The Morgan fingerprint density at radius 3 is 2.35 bits per heavy atom. The number of benzene rings is 1. The second-order valence-corrected chi connectivity index (χ2v) is 6.23. The first kappa shape index (κ1) is 14.2. The van der Waals surface area contributed by atoms with Gasteiger partial charge in [0.2, 0.25) is 10.0 Å². The number of halogens is 2. The molecule has 3 nitrogen and oxygen atoms in total. The summed E-state index contributed by atoms with van der Waals surface area (Å²) in [5, 5.41) is 0. The third kappa shape index (κ3) is 5.36. The Labute approximate surface area is 104 Å². The molecule has 7 heteroatoms. The normalized spacial score (nSPS) is 11.8. The van der Waals surface area contributed by atoms with Crippen LogP contribution in [0.15, 0.2) is 29.2 Å². The third-order valence-corrected chi connectivity index (χ3v) is 4.04. The van der Waals surface area contributed by atoms with Crippen molar-refractivity contribution in [3.05, 3.63) is 24.3 Å². The predicted octanol–water partition coefficient (Wildman–Crippen LogP) is 3.15. The zero-order chi connectivity index (χ0) is 12.9.